The van der Waals surface area contributed by atoms with E-state index < -0.39 is 65.6 Å². The highest BCUT2D eigenvalue weighted by Gasteiger charge is 2.41. The highest BCUT2D eigenvalue weighted by Crippen LogP contribution is 2.46. The Hall–Kier alpha value is -4.31. The van der Waals surface area contributed by atoms with Gasteiger partial charge in [-0.1, -0.05) is 25.0 Å². The van der Waals surface area contributed by atoms with Crippen molar-refractivity contribution >= 4 is 17.7 Å². The first-order chi connectivity index (χ1) is 21.7. The maximum atomic E-state index is 14.0. The monoisotopic (exact) mass is 678 g/mol. The van der Waals surface area contributed by atoms with Crippen molar-refractivity contribution in [3.8, 4) is 0 Å². The molecule has 0 fully saturated rings. The average molecular weight is 679 g/mol. The average Bonchev–Trinajstić information content (AvgIpc) is 3.40. The van der Waals surface area contributed by atoms with Gasteiger partial charge in [0.15, 0.2) is 0 Å². The summed E-state index contributed by atoms with van der Waals surface area (Å²) in [6.07, 6.45) is -15.4. The van der Waals surface area contributed by atoms with Crippen LogP contribution in [0.5, 0.6) is 0 Å². The molecule has 3 aromatic rings. The number of fused-ring (bicyclic) bond motifs is 1. The van der Waals surface area contributed by atoms with Crippen LogP contribution in [0, 0.1) is 5.92 Å². The van der Waals surface area contributed by atoms with Crippen molar-refractivity contribution < 1.29 is 49.0 Å². The molecule has 47 heavy (non-hydrogen) atoms. The van der Waals surface area contributed by atoms with E-state index in [1.807, 2.05) is 13.8 Å². The number of tetrazole rings is 1. The molecule has 0 bridgehead atoms. The number of anilines is 2. The zero-order chi connectivity index (χ0) is 35.1. The Morgan fingerprint density at radius 1 is 0.936 bits per heavy atom. The lowest BCUT2D eigenvalue weighted by molar-refractivity contribution is -0.143. The molecule has 0 saturated carbocycles. The third-order valence-electron chi connectivity index (χ3n) is 7.10. The standard InChI is InChI=1S/C30H31F9N6O2/c1-6-22-13-25(23-12-19(28(31,32)33)7-8-24(23)45(22)27(46)47-17(4)5)43(26-40-42-44(41-26)14-16(2)3)15-18-9-20(29(34,35)36)11-21(10-18)30(37,38)39/h6-12,16-17,25H,13-15H2,1-5H3/b22-6+/t25-/m0/s1. The molecule has 1 atom stereocenters. The van der Waals surface area contributed by atoms with E-state index in [0.717, 1.165) is 23.1 Å². The van der Waals surface area contributed by atoms with Crippen molar-refractivity contribution in [1.82, 2.24) is 20.2 Å². The Morgan fingerprint density at radius 3 is 2.04 bits per heavy atom. The second-order valence-electron chi connectivity index (χ2n) is 11.6. The van der Waals surface area contributed by atoms with E-state index in [1.165, 1.54) is 15.8 Å². The van der Waals surface area contributed by atoms with Gasteiger partial charge >= 0.3 is 24.6 Å². The molecule has 0 aliphatic carbocycles. The zero-order valence-corrected chi connectivity index (χ0v) is 25.8. The summed E-state index contributed by atoms with van der Waals surface area (Å²) in [6.45, 7) is 7.91. The molecule has 0 N–H and O–H groups in total. The van der Waals surface area contributed by atoms with Gasteiger partial charge in [-0.3, -0.25) is 4.90 Å². The Morgan fingerprint density at radius 2 is 1.53 bits per heavy atom. The van der Waals surface area contributed by atoms with Gasteiger partial charge in [0.1, 0.15) is 0 Å². The molecule has 0 radical (unpaired) electrons. The van der Waals surface area contributed by atoms with Crippen LogP contribution in [-0.2, 0) is 36.4 Å². The minimum absolute atomic E-state index is 0.00298. The number of carbonyl (C=O) groups excluding carboxylic acids is 1. The number of ether oxygens (including phenoxy) is 1. The predicted octanol–water partition coefficient (Wildman–Crippen LogP) is 8.79. The second-order valence-corrected chi connectivity index (χ2v) is 11.6. The lowest BCUT2D eigenvalue weighted by atomic mass is 9.90. The van der Waals surface area contributed by atoms with Gasteiger partial charge in [0.25, 0.3) is 5.95 Å². The fourth-order valence-corrected chi connectivity index (χ4v) is 5.13. The number of benzene rings is 2. The summed E-state index contributed by atoms with van der Waals surface area (Å²) in [7, 11) is 0. The lowest BCUT2D eigenvalue weighted by Crippen LogP contribution is -2.41. The van der Waals surface area contributed by atoms with Crippen molar-refractivity contribution in [3.05, 3.63) is 76.0 Å². The van der Waals surface area contributed by atoms with Crippen LogP contribution in [0.15, 0.2) is 48.2 Å². The molecule has 1 aliphatic heterocycles. The third kappa shape index (κ3) is 8.16. The Balaban J connectivity index is 1.97. The third-order valence-corrected chi connectivity index (χ3v) is 7.10. The first-order valence-electron chi connectivity index (χ1n) is 14.4. The van der Waals surface area contributed by atoms with E-state index in [4.69, 9.17) is 4.74 Å². The predicted molar refractivity (Wildman–Crippen MR) is 152 cm³/mol. The molecule has 2 heterocycles. The van der Waals surface area contributed by atoms with E-state index in [2.05, 4.69) is 15.4 Å². The van der Waals surface area contributed by atoms with Crippen LogP contribution in [0.2, 0.25) is 0 Å². The molecule has 1 aliphatic rings. The highest BCUT2D eigenvalue weighted by atomic mass is 19.4. The first kappa shape index (κ1) is 35.5. The molecule has 1 amide bonds. The Labute approximate surface area is 263 Å². The van der Waals surface area contributed by atoms with Crippen molar-refractivity contribution in [3.63, 3.8) is 0 Å². The number of allylic oxidation sites excluding steroid dienone is 1. The summed E-state index contributed by atoms with van der Waals surface area (Å²) in [6, 6.07) is 2.41. The van der Waals surface area contributed by atoms with Gasteiger partial charge in [0.2, 0.25) is 0 Å². The quantitative estimate of drug-likeness (QED) is 0.233. The number of hydrogen-bond donors (Lipinski definition) is 0. The minimum Gasteiger partial charge on any atom is -0.446 e. The molecule has 2 aromatic carbocycles. The molecule has 0 spiro atoms. The molecule has 17 heteroatoms. The van der Waals surface area contributed by atoms with Crippen LogP contribution in [0.3, 0.4) is 0 Å². The largest absolute Gasteiger partial charge is 0.446 e. The number of hydrogen-bond acceptors (Lipinski definition) is 6. The van der Waals surface area contributed by atoms with E-state index in [1.54, 1.807) is 20.8 Å². The van der Waals surface area contributed by atoms with Crippen molar-refractivity contribution in [1.29, 1.82) is 0 Å². The van der Waals surface area contributed by atoms with Gasteiger partial charge in [0, 0.05) is 18.7 Å². The summed E-state index contributed by atoms with van der Waals surface area (Å²) in [4.78, 5) is 16.6. The first-order valence-corrected chi connectivity index (χ1v) is 14.4. The van der Waals surface area contributed by atoms with Crippen LogP contribution in [-0.4, -0.2) is 32.4 Å². The molecule has 0 saturated heterocycles. The fourth-order valence-electron chi connectivity index (χ4n) is 5.13. The number of nitrogens with zero attached hydrogens (tertiary/aromatic N) is 6. The number of carbonyl (C=O) groups is 1. The molecular weight excluding hydrogens is 647 g/mol. The van der Waals surface area contributed by atoms with Gasteiger partial charge in [-0.05, 0) is 79.4 Å². The summed E-state index contributed by atoms with van der Waals surface area (Å²) in [5.41, 5.74) is -4.62. The van der Waals surface area contributed by atoms with Crippen molar-refractivity contribution in [2.45, 2.75) is 84.8 Å². The maximum Gasteiger partial charge on any atom is 0.418 e. The molecule has 256 valence electrons. The number of halogens is 9. The van der Waals surface area contributed by atoms with Gasteiger partial charge in [0.05, 0.1) is 41.1 Å². The SMILES string of the molecule is C/C=C1\C[C@H](N(Cc2cc(C(F)(F)F)cc(C(F)(F)F)c2)c2nnn(CC(C)C)n2)c2cc(C(F)(F)F)ccc2N1C(=O)OC(C)C. The van der Waals surface area contributed by atoms with Crippen LogP contribution >= 0.6 is 0 Å². The Bertz CT molecular complexity index is 1590. The van der Waals surface area contributed by atoms with Crippen molar-refractivity contribution in [2.75, 3.05) is 9.80 Å². The smallest absolute Gasteiger partial charge is 0.418 e. The fraction of sp³-hybridized carbons (Fsp3) is 0.467. The summed E-state index contributed by atoms with van der Waals surface area (Å²) in [5.74, 6) is -0.262. The van der Waals surface area contributed by atoms with Crippen LogP contribution in [0.1, 0.15) is 74.9 Å². The van der Waals surface area contributed by atoms with Crippen LogP contribution in [0.4, 0.5) is 55.9 Å². The van der Waals surface area contributed by atoms with E-state index in [9.17, 15) is 44.3 Å². The maximum absolute atomic E-state index is 14.0. The van der Waals surface area contributed by atoms with Crippen LogP contribution < -0.4 is 9.80 Å². The van der Waals surface area contributed by atoms with Gasteiger partial charge in [-0.2, -0.15) is 44.3 Å². The summed E-state index contributed by atoms with van der Waals surface area (Å²) in [5, 5.41) is 12.2. The van der Waals surface area contributed by atoms with Crippen LogP contribution in [0.25, 0.3) is 0 Å². The molecule has 8 nitrogen and oxygen atoms in total. The number of aromatic nitrogens is 4. The molecule has 4 rings (SSSR count). The Kier molecular flexibility index (Phi) is 9.88. The molecule has 1 aromatic heterocycles. The summed E-state index contributed by atoms with van der Waals surface area (Å²) < 4.78 is 130. The second kappa shape index (κ2) is 13.1. The van der Waals surface area contributed by atoms with Crippen molar-refractivity contribution in [2.24, 2.45) is 5.92 Å². The van der Waals surface area contributed by atoms with Gasteiger partial charge in [-0.25, -0.2) is 4.79 Å². The van der Waals surface area contributed by atoms with E-state index in [0.29, 0.717) is 12.1 Å². The van der Waals surface area contributed by atoms with Gasteiger partial charge < -0.3 is 9.64 Å². The molecule has 0 unspecified atom stereocenters. The normalized spacial score (nSPS) is 16.6. The van der Waals surface area contributed by atoms with E-state index >= 15 is 0 Å². The number of rotatable bonds is 7. The zero-order valence-electron chi connectivity index (χ0n) is 25.8. The number of alkyl halides is 9. The highest BCUT2D eigenvalue weighted by molar-refractivity contribution is 5.93. The van der Waals surface area contributed by atoms with E-state index in [-0.39, 0.29) is 47.8 Å². The number of amides is 1. The minimum atomic E-state index is -5.14. The van der Waals surface area contributed by atoms with Gasteiger partial charge in [-0.15, -0.1) is 5.10 Å². The lowest BCUT2D eigenvalue weighted by Gasteiger charge is -2.41. The molecular formula is C30H31F9N6O2. The topological polar surface area (TPSA) is 76.4 Å². The summed E-state index contributed by atoms with van der Waals surface area (Å²) >= 11 is 0.